The standard InChI is InChI=1S/C14H20BrN/c1-11(13-6-8-14(15)9-7-13)16-10-12-4-2-3-5-12/h6-9,11-12,16H,2-5,10H2,1H3. The van der Waals surface area contributed by atoms with Gasteiger partial charge in [-0.1, -0.05) is 40.9 Å². The maximum atomic E-state index is 3.64. The van der Waals surface area contributed by atoms with E-state index in [2.05, 4.69) is 52.4 Å². The van der Waals surface area contributed by atoms with Crippen molar-refractivity contribution in [3.63, 3.8) is 0 Å². The predicted octanol–water partition coefficient (Wildman–Crippen LogP) is 4.29. The number of hydrogen-bond donors (Lipinski definition) is 1. The number of halogens is 1. The average Bonchev–Trinajstić information content (AvgIpc) is 2.80. The Labute approximate surface area is 107 Å². The highest BCUT2D eigenvalue weighted by Gasteiger charge is 2.15. The number of benzene rings is 1. The molecular weight excluding hydrogens is 262 g/mol. The van der Waals surface area contributed by atoms with Crippen molar-refractivity contribution in [1.82, 2.24) is 5.32 Å². The molecule has 1 N–H and O–H groups in total. The normalized spacial score (nSPS) is 18.9. The molecule has 0 heterocycles. The zero-order chi connectivity index (χ0) is 11.4. The minimum atomic E-state index is 0.466. The monoisotopic (exact) mass is 281 g/mol. The molecule has 16 heavy (non-hydrogen) atoms. The summed E-state index contributed by atoms with van der Waals surface area (Å²) in [6.07, 6.45) is 5.69. The topological polar surface area (TPSA) is 12.0 Å². The fourth-order valence-electron chi connectivity index (χ4n) is 2.43. The molecular formula is C14H20BrN. The third kappa shape index (κ3) is 3.33. The SMILES string of the molecule is CC(NCC1CCCC1)c1ccc(Br)cc1. The van der Waals surface area contributed by atoms with Crippen LogP contribution in [0.15, 0.2) is 28.7 Å². The summed E-state index contributed by atoms with van der Waals surface area (Å²) in [5.41, 5.74) is 1.38. The zero-order valence-corrected chi connectivity index (χ0v) is 11.5. The van der Waals surface area contributed by atoms with E-state index in [1.165, 1.54) is 37.8 Å². The molecule has 0 saturated heterocycles. The second kappa shape index (κ2) is 5.83. The molecule has 1 aromatic carbocycles. The van der Waals surface area contributed by atoms with Crippen molar-refractivity contribution in [2.24, 2.45) is 5.92 Å². The molecule has 2 rings (SSSR count). The summed E-state index contributed by atoms with van der Waals surface area (Å²) in [6.45, 7) is 3.43. The van der Waals surface area contributed by atoms with Crippen LogP contribution in [-0.2, 0) is 0 Å². The van der Waals surface area contributed by atoms with Gasteiger partial charge in [-0.2, -0.15) is 0 Å². The van der Waals surface area contributed by atoms with Crippen molar-refractivity contribution in [2.45, 2.75) is 38.6 Å². The van der Waals surface area contributed by atoms with Crippen LogP contribution in [-0.4, -0.2) is 6.54 Å². The zero-order valence-electron chi connectivity index (χ0n) is 9.88. The number of hydrogen-bond acceptors (Lipinski definition) is 1. The summed E-state index contributed by atoms with van der Waals surface area (Å²) < 4.78 is 1.15. The van der Waals surface area contributed by atoms with E-state index in [0.717, 1.165) is 10.4 Å². The van der Waals surface area contributed by atoms with Crippen molar-refractivity contribution in [2.75, 3.05) is 6.54 Å². The Kier molecular flexibility index (Phi) is 4.42. The summed E-state index contributed by atoms with van der Waals surface area (Å²) in [5.74, 6) is 0.915. The van der Waals surface area contributed by atoms with Gasteiger partial charge in [0.15, 0.2) is 0 Å². The molecule has 1 fully saturated rings. The average molecular weight is 282 g/mol. The lowest BCUT2D eigenvalue weighted by Crippen LogP contribution is -2.24. The smallest absolute Gasteiger partial charge is 0.0291 e. The highest BCUT2D eigenvalue weighted by molar-refractivity contribution is 9.10. The van der Waals surface area contributed by atoms with Gasteiger partial charge in [0.05, 0.1) is 0 Å². The van der Waals surface area contributed by atoms with Crippen LogP contribution >= 0.6 is 15.9 Å². The minimum Gasteiger partial charge on any atom is -0.310 e. The molecule has 1 aliphatic rings. The Morgan fingerprint density at radius 2 is 1.88 bits per heavy atom. The first kappa shape index (κ1) is 12.1. The number of nitrogens with one attached hydrogen (secondary N) is 1. The minimum absolute atomic E-state index is 0.466. The van der Waals surface area contributed by atoms with Crippen LogP contribution in [0, 0.1) is 5.92 Å². The lowest BCUT2D eigenvalue weighted by molar-refractivity contribution is 0.452. The Hall–Kier alpha value is -0.340. The van der Waals surface area contributed by atoms with Gasteiger partial charge in [0.2, 0.25) is 0 Å². The first-order valence-corrected chi connectivity index (χ1v) is 7.04. The maximum Gasteiger partial charge on any atom is 0.0291 e. The third-order valence-corrected chi connectivity index (χ3v) is 4.09. The highest BCUT2D eigenvalue weighted by atomic mass is 79.9. The molecule has 0 aliphatic heterocycles. The Morgan fingerprint density at radius 3 is 2.50 bits per heavy atom. The van der Waals surface area contributed by atoms with Crippen LogP contribution in [0.25, 0.3) is 0 Å². The maximum absolute atomic E-state index is 3.64. The Balaban J connectivity index is 1.82. The van der Waals surface area contributed by atoms with Gasteiger partial charge in [-0.05, 0) is 49.9 Å². The highest BCUT2D eigenvalue weighted by Crippen LogP contribution is 2.25. The van der Waals surface area contributed by atoms with Crippen molar-refractivity contribution < 1.29 is 0 Å². The second-order valence-corrected chi connectivity index (χ2v) is 5.75. The van der Waals surface area contributed by atoms with Gasteiger partial charge < -0.3 is 5.32 Å². The van der Waals surface area contributed by atoms with Crippen LogP contribution in [0.2, 0.25) is 0 Å². The molecule has 0 spiro atoms. The van der Waals surface area contributed by atoms with Gasteiger partial charge >= 0.3 is 0 Å². The molecule has 2 heteroatoms. The molecule has 0 bridgehead atoms. The quantitative estimate of drug-likeness (QED) is 0.868. The van der Waals surface area contributed by atoms with Gasteiger partial charge in [0, 0.05) is 10.5 Å². The molecule has 88 valence electrons. The summed E-state index contributed by atoms with van der Waals surface area (Å²) in [7, 11) is 0. The van der Waals surface area contributed by atoms with Gasteiger partial charge in [-0.15, -0.1) is 0 Å². The van der Waals surface area contributed by atoms with Crippen LogP contribution in [0.5, 0.6) is 0 Å². The van der Waals surface area contributed by atoms with Crippen LogP contribution in [0.4, 0.5) is 0 Å². The summed E-state index contributed by atoms with van der Waals surface area (Å²) in [4.78, 5) is 0. The molecule has 1 aromatic rings. The lowest BCUT2D eigenvalue weighted by atomic mass is 10.1. The first-order chi connectivity index (χ1) is 7.75. The van der Waals surface area contributed by atoms with E-state index in [-0.39, 0.29) is 0 Å². The van der Waals surface area contributed by atoms with E-state index in [1.807, 2.05) is 0 Å². The van der Waals surface area contributed by atoms with Gasteiger partial charge in [0.25, 0.3) is 0 Å². The van der Waals surface area contributed by atoms with E-state index in [1.54, 1.807) is 0 Å². The molecule has 1 atom stereocenters. The number of rotatable bonds is 4. The van der Waals surface area contributed by atoms with Crippen LogP contribution in [0.1, 0.15) is 44.2 Å². The van der Waals surface area contributed by atoms with Crippen LogP contribution < -0.4 is 5.32 Å². The van der Waals surface area contributed by atoms with Crippen molar-refractivity contribution in [3.8, 4) is 0 Å². The summed E-state index contributed by atoms with van der Waals surface area (Å²) in [6, 6.07) is 9.08. The molecule has 0 radical (unpaired) electrons. The molecule has 0 aromatic heterocycles. The van der Waals surface area contributed by atoms with E-state index in [9.17, 15) is 0 Å². The van der Waals surface area contributed by atoms with Crippen molar-refractivity contribution in [3.05, 3.63) is 34.3 Å². The summed E-state index contributed by atoms with van der Waals surface area (Å²) in [5, 5.41) is 3.64. The molecule has 1 aliphatic carbocycles. The molecule has 0 amide bonds. The van der Waals surface area contributed by atoms with Gasteiger partial charge in [-0.3, -0.25) is 0 Å². The molecule has 1 nitrogen and oxygen atoms in total. The molecule has 1 unspecified atom stereocenters. The van der Waals surface area contributed by atoms with Crippen molar-refractivity contribution >= 4 is 15.9 Å². The largest absolute Gasteiger partial charge is 0.310 e. The van der Waals surface area contributed by atoms with E-state index >= 15 is 0 Å². The fourth-order valence-corrected chi connectivity index (χ4v) is 2.69. The molecule has 1 saturated carbocycles. The van der Waals surface area contributed by atoms with E-state index in [0.29, 0.717) is 6.04 Å². The fraction of sp³-hybridized carbons (Fsp3) is 0.571. The predicted molar refractivity (Wildman–Crippen MR) is 72.5 cm³/mol. The van der Waals surface area contributed by atoms with Gasteiger partial charge in [0.1, 0.15) is 0 Å². The first-order valence-electron chi connectivity index (χ1n) is 6.24. The Morgan fingerprint density at radius 1 is 1.25 bits per heavy atom. The third-order valence-electron chi connectivity index (χ3n) is 3.56. The van der Waals surface area contributed by atoms with E-state index in [4.69, 9.17) is 0 Å². The van der Waals surface area contributed by atoms with Crippen molar-refractivity contribution in [1.29, 1.82) is 0 Å². The van der Waals surface area contributed by atoms with Gasteiger partial charge in [-0.25, -0.2) is 0 Å². The summed E-state index contributed by atoms with van der Waals surface area (Å²) >= 11 is 3.47. The van der Waals surface area contributed by atoms with Crippen LogP contribution in [0.3, 0.4) is 0 Å². The lowest BCUT2D eigenvalue weighted by Gasteiger charge is -2.17. The Bertz CT molecular complexity index is 314. The second-order valence-electron chi connectivity index (χ2n) is 4.83. The van der Waals surface area contributed by atoms with E-state index < -0.39 is 0 Å².